The SMILES string of the molecule is COc1cc(C(=O)NNC(=O)C[C@@](O)(c2ccccc2)C2CC2)cc(OC)c1OC. The molecule has 1 fully saturated rings. The monoisotopic (exact) mass is 414 g/mol. The average Bonchev–Trinajstić information content (AvgIpc) is 3.62. The van der Waals surface area contributed by atoms with E-state index in [0.29, 0.717) is 22.8 Å². The summed E-state index contributed by atoms with van der Waals surface area (Å²) in [5.74, 6) is -0.0262. The quantitative estimate of drug-likeness (QED) is 0.572. The first-order valence-electron chi connectivity index (χ1n) is 9.60. The Morgan fingerprint density at radius 3 is 2.10 bits per heavy atom. The Labute approximate surface area is 175 Å². The molecule has 2 aromatic rings. The zero-order valence-electron chi connectivity index (χ0n) is 17.2. The van der Waals surface area contributed by atoms with Crippen molar-refractivity contribution in [1.29, 1.82) is 0 Å². The van der Waals surface area contributed by atoms with Gasteiger partial charge in [0.15, 0.2) is 11.5 Å². The van der Waals surface area contributed by atoms with Crippen LogP contribution in [0.2, 0.25) is 0 Å². The number of hydrogen-bond donors (Lipinski definition) is 3. The molecular weight excluding hydrogens is 388 g/mol. The molecule has 30 heavy (non-hydrogen) atoms. The van der Waals surface area contributed by atoms with E-state index in [2.05, 4.69) is 10.9 Å². The number of carbonyl (C=O) groups is 2. The summed E-state index contributed by atoms with van der Waals surface area (Å²) < 4.78 is 15.7. The number of rotatable bonds is 8. The van der Waals surface area contributed by atoms with Crippen LogP contribution in [0.3, 0.4) is 0 Å². The second-order valence-corrected chi connectivity index (χ2v) is 7.16. The molecule has 0 aliphatic heterocycles. The van der Waals surface area contributed by atoms with E-state index in [-0.39, 0.29) is 17.9 Å². The number of aliphatic hydroxyl groups is 1. The minimum absolute atomic E-state index is 0.0245. The molecule has 3 N–H and O–H groups in total. The standard InChI is InChI=1S/C22H26N2O6/c1-28-17-11-14(12-18(29-2)20(17)30-3)21(26)24-23-19(25)13-22(27,16-9-10-16)15-7-5-4-6-8-15/h4-8,11-12,16,27H,9-10,13H2,1-3H3,(H,23,25)(H,24,26)/t22-/m1/s1. The lowest BCUT2D eigenvalue weighted by atomic mass is 9.85. The maximum Gasteiger partial charge on any atom is 0.269 e. The lowest BCUT2D eigenvalue weighted by Gasteiger charge is -2.28. The molecule has 8 nitrogen and oxygen atoms in total. The third-order valence-corrected chi connectivity index (χ3v) is 5.20. The molecule has 0 radical (unpaired) electrons. The number of hydrazine groups is 1. The molecule has 1 saturated carbocycles. The summed E-state index contributed by atoms with van der Waals surface area (Å²) >= 11 is 0. The fourth-order valence-corrected chi connectivity index (χ4v) is 3.47. The summed E-state index contributed by atoms with van der Waals surface area (Å²) in [5, 5.41) is 11.1. The van der Waals surface area contributed by atoms with Crippen molar-refractivity contribution in [3.8, 4) is 17.2 Å². The van der Waals surface area contributed by atoms with Crippen LogP contribution in [-0.4, -0.2) is 38.3 Å². The largest absolute Gasteiger partial charge is 0.493 e. The highest BCUT2D eigenvalue weighted by molar-refractivity contribution is 5.96. The molecule has 1 atom stereocenters. The average molecular weight is 414 g/mol. The van der Waals surface area contributed by atoms with E-state index in [1.807, 2.05) is 18.2 Å². The van der Waals surface area contributed by atoms with Crippen molar-refractivity contribution >= 4 is 11.8 Å². The minimum atomic E-state index is -1.26. The molecule has 0 spiro atoms. The van der Waals surface area contributed by atoms with E-state index < -0.39 is 17.4 Å². The van der Waals surface area contributed by atoms with Crippen molar-refractivity contribution in [3.05, 3.63) is 53.6 Å². The second kappa shape index (κ2) is 9.04. The van der Waals surface area contributed by atoms with Gasteiger partial charge in [-0.15, -0.1) is 0 Å². The number of amides is 2. The molecule has 0 unspecified atom stereocenters. The number of hydrogen-bond acceptors (Lipinski definition) is 6. The van der Waals surface area contributed by atoms with Crippen molar-refractivity contribution in [1.82, 2.24) is 10.9 Å². The Morgan fingerprint density at radius 1 is 1.00 bits per heavy atom. The van der Waals surface area contributed by atoms with Gasteiger partial charge in [0.2, 0.25) is 11.7 Å². The highest BCUT2D eigenvalue weighted by Gasteiger charge is 2.46. The van der Waals surface area contributed by atoms with Crippen LogP contribution >= 0.6 is 0 Å². The van der Waals surface area contributed by atoms with Crippen molar-refractivity contribution in [2.24, 2.45) is 5.92 Å². The van der Waals surface area contributed by atoms with Crippen LogP contribution in [0.25, 0.3) is 0 Å². The van der Waals surface area contributed by atoms with Crippen LogP contribution in [-0.2, 0) is 10.4 Å². The van der Waals surface area contributed by atoms with E-state index in [1.54, 1.807) is 12.1 Å². The van der Waals surface area contributed by atoms with Crippen molar-refractivity contribution in [2.75, 3.05) is 21.3 Å². The van der Waals surface area contributed by atoms with Crippen LogP contribution in [0.15, 0.2) is 42.5 Å². The number of methoxy groups -OCH3 is 3. The Kier molecular flexibility index (Phi) is 6.47. The third kappa shape index (κ3) is 4.49. The van der Waals surface area contributed by atoms with Gasteiger partial charge in [0, 0.05) is 5.56 Å². The molecule has 0 aromatic heterocycles. The Balaban J connectivity index is 1.68. The summed E-state index contributed by atoms with van der Waals surface area (Å²) in [6.45, 7) is 0. The van der Waals surface area contributed by atoms with Crippen LogP contribution < -0.4 is 25.1 Å². The van der Waals surface area contributed by atoms with E-state index in [0.717, 1.165) is 12.8 Å². The van der Waals surface area contributed by atoms with Gasteiger partial charge in [-0.05, 0) is 36.5 Å². The van der Waals surface area contributed by atoms with Crippen molar-refractivity contribution in [2.45, 2.75) is 24.9 Å². The Hall–Kier alpha value is -3.26. The van der Waals surface area contributed by atoms with Crippen LogP contribution in [0.4, 0.5) is 0 Å². The number of benzene rings is 2. The predicted molar refractivity (Wildman–Crippen MR) is 109 cm³/mol. The smallest absolute Gasteiger partial charge is 0.269 e. The van der Waals surface area contributed by atoms with E-state index in [4.69, 9.17) is 14.2 Å². The van der Waals surface area contributed by atoms with E-state index in [9.17, 15) is 14.7 Å². The molecule has 0 heterocycles. The number of nitrogens with one attached hydrogen (secondary N) is 2. The summed E-state index contributed by atoms with van der Waals surface area (Å²) in [6, 6.07) is 12.1. The topological polar surface area (TPSA) is 106 Å². The molecule has 8 heteroatoms. The highest BCUT2D eigenvalue weighted by Crippen LogP contribution is 2.47. The summed E-state index contributed by atoms with van der Waals surface area (Å²) in [4.78, 5) is 25.0. The molecule has 0 bridgehead atoms. The van der Waals surface area contributed by atoms with Gasteiger partial charge in [-0.3, -0.25) is 20.4 Å². The van der Waals surface area contributed by atoms with Gasteiger partial charge in [0.05, 0.1) is 27.8 Å². The van der Waals surface area contributed by atoms with Gasteiger partial charge in [0.1, 0.15) is 5.60 Å². The van der Waals surface area contributed by atoms with Crippen molar-refractivity contribution < 1.29 is 28.9 Å². The molecule has 0 saturated heterocycles. The van der Waals surface area contributed by atoms with Gasteiger partial charge in [-0.1, -0.05) is 30.3 Å². The molecule has 160 valence electrons. The Bertz CT molecular complexity index is 888. The number of carbonyl (C=O) groups excluding carboxylic acids is 2. The first-order valence-corrected chi connectivity index (χ1v) is 9.60. The van der Waals surface area contributed by atoms with Crippen LogP contribution in [0, 0.1) is 5.92 Å². The summed E-state index contributed by atoms with van der Waals surface area (Å²) in [7, 11) is 4.36. The Morgan fingerprint density at radius 2 is 1.60 bits per heavy atom. The maximum absolute atomic E-state index is 12.5. The minimum Gasteiger partial charge on any atom is -0.493 e. The van der Waals surface area contributed by atoms with Crippen molar-refractivity contribution in [3.63, 3.8) is 0 Å². The predicted octanol–water partition coefficient (Wildman–Crippen LogP) is 2.16. The zero-order valence-corrected chi connectivity index (χ0v) is 17.2. The van der Waals surface area contributed by atoms with Crippen LogP contribution in [0.5, 0.6) is 17.2 Å². The highest BCUT2D eigenvalue weighted by atomic mass is 16.5. The van der Waals surface area contributed by atoms with Gasteiger partial charge in [-0.25, -0.2) is 0 Å². The lowest BCUT2D eigenvalue weighted by Crippen LogP contribution is -2.45. The molecule has 1 aliphatic carbocycles. The fraction of sp³-hybridized carbons (Fsp3) is 0.364. The summed E-state index contributed by atoms with van der Waals surface area (Å²) in [6.07, 6.45) is 1.56. The first kappa shape index (κ1) is 21.4. The van der Waals surface area contributed by atoms with E-state index >= 15 is 0 Å². The summed E-state index contributed by atoms with van der Waals surface area (Å²) in [5.41, 5.74) is 4.40. The number of ether oxygens (including phenoxy) is 3. The van der Waals surface area contributed by atoms with Gasteiger partial charge >= 0.3 is 0 Å². The van der Waals surface area contributed by atoms with Gasteiger partial charge < -0.3 is 19.3 Å². The van der Waals surface area contributed by atoms with Crippen LogP contribution in [0.1, 0.15) is 35.2 Å². The van der Waals surface area contributed by atoms with Gasteiger partial charge in [-0.2, -0.15) is 0 Å². The zero-order chi connectivity index (χ0) is 21.7. The molecular formula is C22H26N2O6. The van der Waals surface area contributed by atoms with E-state index in [1.165, 1.54) is 33.5 Å². The normalized spacial score (nSPS) is 14.9. The molecule has 1 aliphatic rings. The second-order valence-electron chi connectivity index (χ2n) is 7.16. The maximum atomic E-state index is 12.5. The lowest BCUT2D eigenvalue weighted by molar-refractivity contribution is -0.128. The third-order valence-electron chi connectivity index (χ3n) is 5.20. The fourth-order valence-electron chi connectivity index (χ4n) is 3.47. The van der Waals surface area contributed by atoms with Gasteiger partial charge in [0.25, 0.3) is 5.91 Å². The molecule has 2 amide bonds. The first-order chi connectivity index (χ1) is 14.4. The molecule has 2 aromatic carbocycles. The molecule has 3 rings (SSSR count).